The molecule has 1 aromatic carbocycles. The molecular formula is C20H26N4O2. The number of nitrogens with zero attached hydrogens (tertiary/aromatic N) is 3. The van der Waals surface area contributed by atoms with E-state index in [1.807, 2.05) is 50.1 Å². The van der Waals surface area contributed by atoms with Crippen LogP contribution in [0.5, 0.6) is 5.75 Å². The van der Waals surface area contributed by atoms with Gasteiger partial charge >= 0.3 is 0 Å². The van der Waals surface area contributed by atoms with E-state index in [0.29, 0.717) is 12.2 Å². The first kappa shape index (κ1) is 18.2. The number of rotatable bonds is 5. The molecule has 0 aliphatic carbocycles. The maximum Gasteiger partial charge on any atom is 0.227 e. The zero-order valence-electron chi connectivity index (χ0n) is 15.9. The number of hydrogen-bond donors (Lipinski definition) is 1. The first-order valence-electron chi connectivity index (χ1n) is 8.98. The summed E-state index contributed by atoms with van der Waals surface area (Å²) in [6.45, 7) is 4.66. The van der Waals surface area contributed by atoms with E-state index in [0.717, 1.165) is 47.8 Å². The third-order valence-corrected chi connectivity index (χ3v) is 4.81. The van der Waals surface area contributed by atoms with Gasteiger partial charge in [-0.15, -0.1) is 0 Å². The standard InChI is InChI=1S/C20H26N4O2/c1-13-7-8-18(26-4)15(10-13)11-20(25)24-9-5-6-17(24)16-12-19(21-3)23-14(2)22-16/h7-8,10,12,17H,5-6,9,11H2,1-4H3,(H,21,22,23)/t17-/m1/s1. The Bertz CT molecular complexity index is 806. The van der Waals surface area contributed by atoms with Crippen molar-refractivity contribution < 1.29 is 9.53 Å². The Morgan fingerprint density at radius 1 is 1.31 bits per heavy atom. The summed E-state index contributed by atoms with van der Waals surface area (Å²) in [6, 6.07) is 7.89. The molecule has 0 radical (unpaired) electrons. The number of benzene rings is 1. The Labute approximate surface area is 154 Å². The molecule has 26 heavy (non-hydrogen) atoms. The van der Waals surface area contributed by atoms with Crippen molar-refractivity contribution in [3.8, 4) is 5.75 Å². The molecule has 0 unspecified atom stereocenters. The molecular weight excluding hydrogens is 328 g/mol. The molecule has 0 saturated carbocycles. The highest BCUT2D eigenvalue weighted by atomic mass is 16.5. The number of likely N-dealkylation sites (tertiary alicyclic amines) is 1. The van der Waals surface area contributed by atoms with Gasteiger partial charge in [-0.25, -0.2) is 9.97 Å². The molecule has 1 aliphatic rings. The number of anilines is 1. The van der Waals surface area contributed by atoms with Gasteiger partial charge in [-0.05, 0) is 32.8 Å². The van der Waals surface area contributed by atoms with Crippen LogP contribution >= 0.6 is 0 Å². The Balaban J connectivity index is 1.83. The summed E-state index contributed by atoms with van der Waals surface area (Å²) in [5.74, 6) is 2.37. The molecule has 1 aliphatic heterocycles. The normalized spacial score (nSPS) is 16.6. The maximum atomic E-state index is 13.0. The van der Waals surface area contributed by atoms with Crippen LogP contribution in [-0.2, 0) is 11.2 Å². The van der Waals surface area contributed by atoms with Crippen molar-refractivity contribution in [1.29, 1.82) is 0 Å². The molecule has 1 fully saturated rings. The van der Waals surface area contributed by atoms with Crippen LogP contribution in [0.3, 0.4) is 0 Å². The Morgan fingerprint density at radius 3 is 2.85 bits per heavy atom. The summed E-state index contributed by atoms with van der Waals surface area (Å²) in [5.41, 5.74) is 2.96. The van der Waals surface area contributed by atoms with Crippen molar-refractivity contribution in [1.82, 2.24) is 14.9 Å². The van der Waals surface area contributed by atoms with E-state index >= 15 is 0 Å². The van der Waals surface area contributed by atoms with Crippen molar-refractivity contribution in [2.45, 2.75) is 39.2 Å². The Hall–Kier alpha value is -2.63. The lowest BCUT2D eigenvalue weighted by molar-refractivity contribution is -0.131. The van der Waals surface area contributed by atoms with Gasteiger partial charge in [-0.1, -0.05) is 17.7 Å². The summed E-state index contributed by atoms with van der Waals surface area (Å²) in [7, 11) is 3.48. The van der Waals surface area contributed by atoms with Gasteiger partial charge in [0.15, 0.2) is 0 Å². The second-order valence-electron chi connectivity index (χ2n) is 6.71. The highest BCUT2D eigenvalue weighted by molar-refractivity contribution is 5.80. The van der Waals surface area contributed by atoms with Gasteiger partial charge in [0.1, 0.15) is 17.4 Å². The van der Waals surface area contributed by atoms with Gasteiger partial charge in [0, 0.05) is 25.2 Å². The third-order valence-electron chi connectivity index (χ3n) is 4.81. The topological polar surface area (TPSA) is 67.4 Å². The molecule has 2 heterocycles. The van der Waals surface area contributed by atoms with Crippen LogP contribution in [0.15, 0.2) is 24.3 Å². The van der Waals surface area contributed by atoms with Crippen LogP contribution in [0.4, 0.5) is 5.82 Å². The fraction of sp³-hybridized carbons (Fsp3) is 0.450. The predicted octanol–water partition coefficient (Wildman–Crippen LogP) is 3.05. The summed E-state index contributed by atoms with van der Waals surface area (Å²) in [4.78, 5) is 23.9. The molecule has 1 atom stereocenters. The molecule has 3 rings (SSSR count). The molecule has 6 heteroatoms. The highest BCUT2D eigenvalue weighted by Crippen LogP contribution is 2.33. The molecule has 1 aromatic heterocycles. The number of carbonyl (C=O) groups is 1. The quantitative estimate of drug-likeness (QED) is 0.894. The van der Waals surface area contributed by atoms with E-state index in [9.17, 15) is 4.79 Å². The largest absolute Gasteiger partial charge is 0.496 e. The van der Waals surface area contributed by atoms with Crippen molar-refractivity contribution in [3.05, 3.63) is 46.9 Å². The minimum Gasteiger partial charge on any atom is -0.496 e. The molecule has 0 bridgehead atoms. The van der Waals surface area contributed by atoms with Gasteiger partial charge in [0.05, 0.1) is 25.3 Å². The van der Waals surface area contributed by atoms with E-state index < -0.39 is 0 Å². The van der Waals surface area contributed by atoms with Gasteiger partial charge in [0.25, 0.3) is 0 Å². The van der Waals surface area contributed by atoms with Crippen molar-refractivity contribution in [3.63, 3.8) is 0 Å². The van der Waals surface area contributed by atoms with Gasteiger partial charge < -0.3 is 15.0 Å². The molecule has 0 spiro atoms. The lowest BCUT2D eigenvalue weighted by atomic mass is 10.1. The number of hydrogen-bond acceptors (Lipinski definition) is 5. The van der Waals surface area contributed by atoms with E-state index in [1.165, 1.54) is 0 Å². The molecule has 2 aromatic rings. The van der Waals surface area contributed by atoms with Crippen molar-refractivity contribution in [2.24, 2.45) is 0 Å². The average Bonchev–Trinajstić information content (AvgIpc) is 3.11. The highest BCUT2D eigenvalue weighted by Gasteiger charge is 2.31. The minimum atomic E-state index is 0.00658. The monoisotopic (exact) mass is 354 g/mol. The fourth-order valence-corrected chi connectivity index (χ4v) is 3.57. The van der Waals surface area contributed by atoms with E-state index in [2.05, 4.69) is 15.3 Å². The minimum absolute atomic E-state index is 0.00658. The van der Waals surface area contributed by atoms with E-state index in [-0.39, 0.29) is 11.9 Å². The van der Waals surface area contributed by atoms with E-state index in [1.54, 1.807) is 7.11 Å². The second-order valence-corrected chi connectivity index (χ2v) is 6.71. The number of aromatic nitrogens is 2. The Kier molecular flexibility index (Phi) is 5.40. The first-order valence-corrected chi connectivity index (χ1v) is 8.98. The average molecular weight is 354 g/mol. The summed E-state index contributed by atoms with van der Waals surface area (Å²) < 4.78 is 5.42. The zero-order chi connectivity index (χ0) is 18.7. The number of amides is 1. The second kappa shape index (κ2) is 7.72. The van der Waals surface area contributed by atoms with Crippen LogP contribution in [0, 0.1) is 13.8 Å². The number of carbonyl (C=O) groups excluding carboxylic acids is 1. The summed E-state index contributed by atoms with van der Waals surface area (Å²) in [5, 5.41) is 3.07. The number of ether oxygens (including phenoxy) is 1. The summed E-state index contributed by atoms with van der Waals surface area (Å²) in [6.07, 6.45) is 2.25. The molecule has 1 saturated heterocycles. The zero-order valence-corrected chi connectivity index (χ0v) is 15.9. The SMILES string of the molecule is CNc1cc([C@H]2CCCN2C(=O)Cc2cc(C)ccc2OC)nc(C)n1. The van der Waals surface area contributed by atoms with Crippen molar-refractivity contribution in [2.75, 3.05) is 26.0 Å². The predicted molar refractivity (Wildman–Crippen MR) is 101 cm³/mol. The van der Waals surface area contributed by atoms with E-state index in [4.69, 9.17) is 4.74 Å². The number of aryl methyl sites for hydroxylation is 2. The van der Waals surface area contributed by atoms with Crippen LogP contribution in [0.25, 0.3) is 0 Å². The van der Waals surface area contributed by atoms with Gasteiger partial charge in [-0.3, -0.25) is 4.79 Å². The van der Waals surface area contributed by atoms with Gasteiger partial charge in [0.2, 0.25) is 5.91 Å². The van der Waals surface area contributed by atoms with Crippen LogP contribution in [0.2, 0.25) is 0 Å². The number of methoxy groups -OCH3 is 1. The molecule has 1 N–H and O–H groups in total. The molecule has 6 nitrogen and oxygen atoms in total. The summed E-state index contributed by atoms with van der Waals surface area (Å²) >= 11 is 0. The van der Waals surface area contributed by atoms with Crippen LogP contribution in [-0.4, -0.2) is 41.5 Å². The van der Waals surface area contributed by atoms with Crippen LogP contribution in [0.1, 0.15) is 41.5 Å². The van der Waals surface area contributed by atoms with Crippen LogP contribution < -0.4 is 10.1 Å². The first-order chi connectivity index (χ1) is 12.5. The lowest BCUT2D eigenvalue weighted by Gasteiger charge is -2.25. The van der Waals surface area contributed by atoms with Crippen molar-refractivity contribution >= 4 is 11.7 Å². The third kappa shape index (κ3) is 3.79. The fourth-order valence-electron chi connectivity index (χ4n) is 3.57. The Morgan fingerprint density at radius 2 is 2.12 bits per heavy atom. The van der Waals surface area contributed by atoms with Gasteiger partial charge in [-0.2, -0.15) is 0 Å². The lowest BCUT2D eigenvalue weighted by Crippen LogP contribution is -2.32. The molecule has 1 amide bonds. The molecule has 138 valence electrons. The smallest absolute Gasteiger partial charge is 0.227 e. The maximum absolute atomic E-state index is 13.0. The number of nitrogens with one attached hydrogen (secondary N) is 1.